The summed E-state index contributed by atoms with van der Waals surface area (Å²) in [4.78, 5) is 12.4. The van der Waals surface area contributed by atoms with E-state index in [4.69, 9.17) is 17.3 Å². The van der Waals surface area contributed by atoms with Gasteiger partial charge >= 0.3 is 0 Å². The van der Waals surface area contributed by atoms with Gasteiger partial charge < -0.3 is 11.1 Å². The Kier molecular flexibility index (Phi) is 7.92. The number of nitrogens with two attached hydrogens (primary N) is 1. The number of halogens is 1. The third-order valence-corrected chi connectivity index (χ3v) is 2.78. The summed E-state index contributed by atoms with van der Waals surface area (Å²) < 4.78 is 0. The molecule has 0 saturated carbocycles. The van der Waals surface area contributed by atoms with Crippen LogP contribution in [0.1, 0.15) is 32.9 Å². The molecule has 118 valence electrons. The van der Waals surface area contributed by atoms with Gasteiger partial charge in [0, 0.05) is 6.54 Å². The predicted octanol–water partition coefficient (Wildman–Crippen LogP) is 4.31. The molecule has 0 spiro atoms. The summed E-state index contributed by atoms with van der Waals surface area (Å²) in [6.45, 7) is 7.01. The second-order valence-corrected chi connectivity index (χ2v) is 4.55. The number of para-hydroxylation sites is 2. The number of nitrogens with zero attached hydrogens (tertiary/aromatic N) is 3. The van der Waals surface area contributed by atoms with Gasteiger partial charge in [0.2, 0.25) is 0 Å². The molecule has 3 N–H and O–H groups in total. The molecule has 0 aliphatic carbocycles. The average Bonchev–Trinajstić information content (AvgIpc) is 2.56. The first-order valence-electron chi connectivity index (χ1n) is 7.35. The second-order valence-electron chi connectivity index (χ2n) is 4.17. The third kappa shape index (κ3) is 5.33. The fourth-order valence-corrected chi connectivity index (χ4v) is 1.75. The van der Waals surface area contributed by atoms with Crippen LogP contribution in [0.5, 0.6) is 0 Å². The van der Waals surface area contributed by atoms with Crippen LogP contribution in [-0.2, 0) is 0 Å². The number of benzene rings is 1. The van der Waals surface area contributed by atoms with Crippen molar-refractivity contribution in [3.8, 4) is 0 Å². The molecule has 2 rings (SSSR count). The Labute approximate surface area is 136 Å². The third-order valence-electron chi connectivity index (χ3n) is 2.60. The molecular weight excluding hydrogens is 298 g/mol. The molecule has 5 nitrogen and oxygen atoms in total. The zero-order valence-corrected chi connectivity index (χ0v) is 13.9. The van der Waals surface area contributed by atoms with Crippen LogP contribution < -0.4 is 11.1 Å². The van der Waals surface area contributed by atoms with Gasteiger partial charge in [-0.1, -0.05) is 44.5 Å². The van der Waals surface area contributed by atoms with Gasteiger partial charge in [0.05, 0.1) is 23.8 Å². The van der Waals surface area contributed by atoms with Gasteiger partial charge in [0.1, 0.15) is 10.8 Å². The van der Waals surface area contributed by atoms with Crippen LogP contribution >= 0.6 is 11.6 Å². The maximum absolute atomic E-state index is 5.80. The first-order chi connectivity index (χ1) is 10.7. The predicted molar refractivity (Wildman–Crippen MR) is 95.3 cm³/mol. The molecule has 0 unspecified atom stereocenters. The smallest absolute Gasteiger partial charge is 0.151 e. The topological polar surface area (TPSA) is 76.2 Å². The molecule has 0 aliphatic heterocycles. The Morgan fingerprint density at radius 1 is 1.32 bits per heavy atom. The molecule has 0 amide bonds. The van der Waals surface area contributed by atoms with E-state index in [0.717, 1.165) is 24.3 Å². The Balaban J connectivity index is 0.00000116. The molecule has 1 heterocycles. The van der Waals surface area contributed by atoms with Crippen molar-refractivity contribution in [3.63, 3.8) is 0 Å². The molecule has 0 radical (unpaired) electrons. The van der Waals surface area contributed by atoms with Crippen LogP contribution in [0.2, 0.25) is 5.15 Å². The van der Waals surface area contributed by atoms with E-state index in [2.05, 4.69) is 27.2 Å². The highest BCUT2D eigenvalue weighted by atomic mass is 35.5. The molecular formula is C16H22ClN5. The minimum absolute atomic E-state index is 0.290. The van der Waals surface area contributed by atoms with E-state index < -0.39 is 0 Å². The molecule has 2 aromatic rings. The molecule has 0 bridgehead atoms. The number of aliphatic imine (C=N–C) groups is 1. The molecule has 22 heavy (non-hydrogen) atoms. The number of rotatable bonds is 5. The highest BCUT2D eigenvalue weighted by molar-refractivity contribution is 6.29. The van der Waals surface area contributed by atoms with Crippen molar-refractivity contribution in [2.75, 3.05) is 17.6 Å². The van der Waals surface area contributed by atoms with Crippen LogP contribution in [0.4, 0.5) is 17.2 Å². The minimum atomic E-state index is 0.290. The summed E-state index contributed by atoms with van der Waals surface area (Å²) in [6, 6.07) is 7.79. The lowest BCUT2D eigenvalue weighted by Gasteiger charge is -2.07. The van der Waals surface area contributed by atoms with E-state index in [9.17, 15) is 0 Å². The van der Waals surface area contributed by atoms with Crippen LogP contribution in [0.25, 0.3) is 0 Å². The van der Waals surface area contributed by atoms with E-state index in [1.54, 1.807) is 6.21 Å². The lowest BCUT2D eigenvalue weighted by atomic mass is 10.2. The highest BCUT2D eigenvalue weighted by Crippen LogP contribution is 2.24. The van der Waals surface area contributed by atoms with Gasteiger partial charge in [-0.05, 0) is 18.6 Å². The summed E-state index contributed by atoms with van der Waals surface area (Å²) in [5, 5.41) is 3.61. The maximum Gasteiger partial charge on any atom is 0.151 e. The quantitative estimate of drug-likeness (QED) is 0.805. The number of nitrogen functional groups attached to an aromatic ring is 1. The van der Waals surface area contributed by atoms with Gasteiger partial charge in [-0.25, -0.2) is 9.97 Å². The van der Waals surface area contributed by atoms with Crippen molar-refractivity contribution in [2.45, 2.75) is 27.2 Å². The SMILES string of the molecule is CC.CCCNc1ccccc1N=Cc1nc(Cl)cnc1N. The van der Waals surface area contributed by atoms with E-state index in [-0.39, 0.29) is 5.15 Å². The lowest BCUT2D eigenvalue weighted by Crippen LogP contribution is -2.01. The molecule has 0 saturated heterocycles. The fourth-order valence-electron chi connectivity index (χ4n) is 1.61. The van der Waals surface area contributed by atoms with E-state index in [0.29, 0.717) is 11.5 Å². The number of anilines is 2. The zero-order chi connectivity index (χ0) is 16.4. The minimum Gasteiger partial charge on any atom is -0.383 e. The number of nitrogens with one attached hydrogen (secondary N) is 1. The van der Waals surface area contributed by atoms with Gasteiger partial charge in [-0.3, -0.25) is 4.99 Å². The van der Waals surface area contributed by atoms with Gasteiger partial charge in [0.25, 0.3) is 0 Å². The number of hydrogen-bond donors (Lipinski definition) is 2. The molecule has 0 atom stereocenters. The Bertz CT molecular complexity index is 613. The summed E-state index contributed by atoms with van der Waals surface area (Å²) in [7, 11) is 0. The van der Waals surface area contributed by atoms with Crippen molar-refractivity contribution in [1.82, 2.24) is 9.97 Å². The van der Waals surface area contributed by atoms with Crippen molar-refractivity contribution in [1.29, 1.82) is 0 Å². The van der Waals surface area contributed by atoms with Crippen molar-refractivity contribution >= 4 is 35.0 Å². The van der Waals surface area contributed by atoms with Crippen LogP contribution in [0, 0.1) is 0 Å². The first-order valence-corrected chi connectivity index (χ1v) is 7.73. The van der Waals surface area contributed by atoms with E-state index in [1.165, 1.54) is 6.20 Å². The van der Waals surface area contributed by atoms with Gasteiger partial charge in [-0.2, -0.15) is 0 Å². The Hall–Kier alpha value is -2.14. The van der Waals surface area contributed by atoms with Crippen molar-refractivity contribution in [3.05, 3.63) is 41.3 Å². The van der Waals surface area contributed by atoms with E-state index >= 15 is 0 Å². The van der Waals surface area contributed by atoms with Gasteiger partial charge in [-0.15, -0.1) is 0 Å². The number of hydrogen-bond acceptors (Lipinski definition) is 5. The summed E-state index contributed by atoms with van der Waals surface area (Å²) in [5.74, 6) is 0.303. The fraction of sp³-hybridized carbons (Fsp3) is 0.312. The van der Waals surface area contributed by atoms with Crippen molar-refractivity contribution < 1.29 is 0 Å². The lowest BCUT2D eigenvalue weighted by molar-refractivity contribution is 0.979. The van der Waals surface area contributed by atoms with Crippen LogP contribution in [-0.4, -0.2) is 22.7 Å². The number of aromatic nitrogens is 2. The second kappa shape index (κ2) is 9.73. The maximum atomic E-state index is 5.80. The van der Waals surface area contributed by atoms with E-state index in [1.807, 2.05) is 38.1 Å². The largest absolute Gasteiger partial charge is 0.383 e. The normalized spacial score (nSPS) is 10.2. The standard InChI is InChI=1S/C14H16ClN5.C2H6/c1-2-7-17-10-5-3-4-6-11(10)18-8-12-14(16)19-9-13(15)20-12;1-2/h3-6,8-9,17H,2,7H2,1H3,(H2,16,19);1-2H3. The Morgan fingerprint density at radius 3 is 2.77 bits per heavy atom. The molecule has 1 aromatic heterocycles. The Morgan fingerprint density at radius 2 is 2.05 bits per heavy atom. The van der Waals surface area contributed by atoms with Crippen molar-refractivity contribution in [2.24, 2.45) is 4.99 Å². The highest BCUT2D eigenvalue weighted by Gasteiger charge is 2.02. The monoisotopic (exact) mass is 319 g/mol. The summed E-state index contributed by atoms with van der Waals surface area (Å²) in [6.07, 6.45) is 4.02. The zero-order valence-electron chi connectivity index (χ0n) is 13.2. The molecule has 0 fully saturated rings. The summed E-state index contributed by atoms with van der Waals surface area (Å²) >= 11 is 5.80. The van der Waals surface area contributed by atoms with Crippen LogP contribution in [0.15, 0.2) is 35.5 Å². The first kappa shape index (κ1) is 17.9. The molecule has 6 heteroatoms. The van der Waals surface area contributed by atoms with Gasteiger partial charge in [0.15, 0.2) is 5.82 Å². The molecule has 1 aromatic carbocycles. The molecule has 0 aliphatic rings. The van der Waals surface area contributed by atoms with Crippen LogP contribution in [0.3, 0.4) is 0 Å². The average molecular weight is 320 g/mol. The summed E-state index contributed by atoms with van der Waals surface area (Å²) in [5.41, 5.74) is 7.99.